The molecule has 3 N–H and O–H groups in total. The fourth-order valence-electron chi connectivity index (χ4n) is 1.07. The van der Waals surface area contributed by atoms with Gasteiger partial charge < -0.3 is 10.8 Å². The number of rotatable bonds is 2. The molecule has 0 aliphatic carbocycles. The Balaban J connectivity index is 2.55. The van der Waals surface area contributed by atoms with Crippen molar-refractivity contribution >= 4 is 5.97 Å². The number of hydrogen-bond acceptors (Lipinski definition) is 2. The molecule has 0 aliphatic rings. The van der Waals surface area contributed by atoms with Crippen LogP contribution in [0.3, 0.4) is 0 Å². The first-order valence-electron chi connectivity index (χ1n) is 4.22. The van der Waals surface area contributed by atoms with E-state index < -0.39 is 12.0 Å². The third kappa shape index (κ3) is 3.74. The minimum Gasteiger partial charge on any atom is -0.472 e. The van der Waals surface area contributed by atoms with E-state index in [1.807, 2.05) is 36.3 Å². The van der Waals surface area contributed by atoms with Crippen molar-refractivity contribution in [1.82, 2.24) is 0 Å². The number of aliphatic carboxylic acids is 1. The van der Waals surface area contributed by atoms with Gasteiger partial charge in [0.05, 0.1) is 6.04 Å². The zero-order valence-corrected chi connectivity index (χ0v) is 7.60. The summed E-state index contributed by atoms with van der Waals surface area (Å²) < 4.78 is 0. The molecule has 14 heavy (non-hydrogen) atoms. The number of nitrogens with two attached hydrogens (primary N) is 1. The molecule has 0 unspecified atom stereocenters. The smallest absolute Gasteiger partial charge is 0.381 e. The Hall–Kier alpha value is -1.79. The Labute approximate surface area is 82.6 Å². The van der Waals surface area contributed by atoms with E-state index in [-0.39, 0.29) is 0 Å². The number of benzene rings is 1. The minimum atomic E-state index is -1.14. The van der Waals surface area contributed by atoms with Gasteiger partial charge in [-0.1, -0.05) is 36.3 Å². The summed E-state index contributed by atoms with van der Waals surface area (Å²) in [6.07, 6.45) is 0.571. The van der Waals surface area contributed by atoms with Gasteiger partial charge in [0.15, 0.2) is 0 Å². The van der Waals surface area contributed by atoms with Gasteiger partial charge in [-0.15, -0.1) is 0 Å². The third-order valence-corrected chi connectivity index (χ3v) is 1.66. The van der Waals surface area contributed by atoms with E-state index >= 15 is 0 Å². The number of carboxylic acids is 1. The molecule has 0 aliphatic heterocycles. The van der Waals surface area contributed by atoms with Gasteiger partial charge in [0.1, 0.15) is 0 Å². The fraction of sp³-hybridized carbons (Fsp3) is 0.182. The second-order valence-corrected chi connectivity index (χ2v) is 2.87. The van der Waals surface area contributed by atoms with Gasteiger partial charge >= 0.3 is 5.97 Å². The lowest BCUT2D eigenvalue weighted by atomic mass is 10.1. The van der Waals surface area contributed by atoms with Crippen LogP contribution in [-0.4, -0.2) is 17.1 Å². The summed E-state index contributed by atoms with van der Waals surface area (Å²) in [5.74, 6) is 3.32. The summed E-state index contributed by atoms with van der Waals surface area (Å²) in [6, 6.07) is 9.18. The van der Waals surface area contributed by atoms with Crippen LogP contribution in [0.25, 0.3) is 0 Å². The minimum absolute atomic E-state index is 0.423. The highest BCUT2D eigenvalue weighted by Gasteiger charge is 1.99. The van der Waals surface area contributed by atoms with Gasteiger partial charge in [0, 0.05) is 5.92 Å². The molecule has 1 aromatic carbocycles. The molecule has 0 aromatic heterocycles. The molecular formula is C11H11NO2. The summed E-state index contributed by atoms with van der Waals surface area (Å²) in [6.45, 7) is 0. The van der Waals surface area contributed by atoms with Crippen molar-refractivity contribution in [2.75, 3.05) is 0 Å². The Bertz CT molecular complexity index is 362. The summed E-state index contributed by atoms with van der Waals surface area (Å²) in [5.41, 5.74) is 6.67. The molecule has 0 saturated carbocycles. The van der Waals surface area contributed by atoms with E-state index in [0.717, 1.165) is 5.56 Å². The molecule has 3 heteroatoms. The normalized spacial score (nSPS) is 11.2. The van der Waals surface area contributed by atoms with Crippen LogP contribution in [0.4, 0.5) is 0 Å². The SMILES string of the molecule is N[C@H](C#CC(=O)O)Cc1ccccc1. The van der Waals surface area contributed by atoms with Crippen molar-refractivity contribution in [2.24, 2.45) is 5.73 Å². The van der Waals surface area contributed by atoms with E-state index in [0.29, 0.717) is 6.42 Å². The van der Waals surface area contributed by atoms with E-state index in [1.165, 1.54) is 0 Å². The number of carboxylic acid groups (broad SMARTS) is 1. The van der Waals surface area contributed by atoms with Crippen LogP contribution in [-0.2, 0) is 11.2 Å². The quantitative estimate of drug-likeness (QED) is 0.671. The van der Waals surface area contributed by atoms with Crippen LogP contribution in [0, 0.1) is 11.8 Å². The first-order valence-corrected chi connectivity index (χ1v) is 4.22. The van der Waals surface area contributed by atoms with Crippen LogP contribution < -0.4 is 5.73 Å². The van der Waals surface area contributed by atoms with Crippen molar-refractivity contribution < 1.29 is 9.90 Å². The van der Waals surface area contributed by atoms with Crippen LogP contribution in [0.5, 0.6) is 0 Å². The number of hydrogen-bond donors (Lipinski definition) is 2. The highest BCUT2D eigenvalue weighted by atomic mass is 16.4. The Morgan fingerprint density at radius 1 is 1.43 bits per heavy atom. The van der Waals surface area contributed by atoms with E-state index in [4.69, 9.17) is 10.8 Å². The van der Waals surface area contributed by atoms with Crippen molar-refractivity contribution in [1.29, 1.82) is 0 Å². The van der Waals surface area contributed by atoms with Gasteiger partial charge in [-0.2, -0.15) is 0 Å². The molecule has 0 amide bonds. The number of carbonyl (C=O) groups is 1. The second kappa shape index (κ2) is 5.05. The third-order valence-electron chi connectivity index (χ3n) is 1.66. The van der Waals surface area contributed by atoms with Gasteiger partial charge in [-0.25, -0.2) is 4.79 Å². The maximum atomic E-state index is 10.1. The van der Waals surface area contributed by atoms with Crippen LogP contribution in [0.1, 0.15) is 5.56 Å². The molecule has 0 spiro atoms. The molecule has 0 fully saturated rings. The van der Waals surface area contributed by atoms with E-state index in [1.54, 1.807) is 0 Å². The second-order valence-electron chi connectivity index (χ2n) is 2.87. The predicted octanol–water partition coefficient (Wildman–Crippen LogP) is 0.644. The van der Waals surface area contributed by atoms with Crippen LogP contribution >= 0.6 is 0 Å². The molecule has 72 valence electrons. The zero-order chi connectivity index (χ0) is 10.4. The van der Waals surface area contributed by atoms with Gasteiger partial charge in [0.2, 0.25) is 0 Å². The first kappa shape index (κ1) is 10.3. The molecule has 0 radical (unpaired) electrons. The van der Waals surface area contributed by atoms with Crippen LogP contribution in [0.15, 0.2) is 30.3 Å². The lowest BCUT2D eigenvalue weighted by Gasteiger charge is -2.02. The lowest BCUT2D eigenvalue weighted by Crippen LogP contribution is -2.20. The molecule has 0 heterocycles. The summed E-state index contributed by atoms with van der Waals surface area (Å²) in [5, 5.41) is 8.30. The topological polar surface area (TPSA) is 63.3 Å². The maximum Gasteiger partial charge on any atom is 0.381 e. The molecule has 1 aromatic rings. The predicted molar refractivity (Wildman–Crippen MR) is 53.5 cm³/mol. The summed E-state index contributed by atoms with van der Waals surface area (Å²) in [7, 11) is 0. The molecule has 0 saturated heterocycles. The average molecular weight is 189 g/mol. The van der Waals surface area contributed by atoms with Crippen molar-refractivity contribution in [3.8, 4) is 11.8 Å². The standard InChI is InChI=1S/C11H11NO2/c12-10(6-7-11(13)14)8-9-4-2-1-3-5-9/h1-5,10H,8,12H2,(H,13,14)/t10-/m1/s1. The molecule has 1 atom stereocenters. The van der Waals surface area contributed by atoms with E-state index in [9.17, 15) is 4.79 Å². The molecule has 0 bridgehead atoms. The van der Waals surface area contributed by atoms with E-state index in [2.05, 4.69) is 5.92 Å². The van der Waals surface area contributed by atoms with Crippen molar-refractivity contribution in [3.63, 3.8) is 0 Å². The lowest BCUT2D eigenvalue weighted by molar-refractivity contribution is -0.130. The highest BCUT2D eigenvalue weighted by Crippen LogP contribution is 2.00. The van der Waals surface area contributed by atoms with Crippen molar-refractivity contribution in [3.05, 3.63) is 35.9 Å². The molecular weight excluding hydrogens is 178 g/mol. The molecule has 3 nitrogen and oxygen atoms in total. The fourth-order valence-corrected chi connectivity index (χ4v) is 1.07. The Kier molecular flexibility index (Phi) is 3.71. The van der Waals surface area contributed by atoms with Gasteiger partial charge in [0.25, 0.3) is 0 Å². The summed E-state index contributed by atoms with van der Waals surface area (Å²) >= 11 is 0. The first-order chi connectivity index (χ1) is 6.68. The highest BCUT2D eigenvalue weighted by molar-refractivity contribution is 5.86. The van der Waals surface area contributed by atoms with Gasteiger partial charge in [-0.3, -0.25) is 0 Å². The zero-order valence-electron chi connectivity index (χ0n) is 7.60. The van der Waals surface area contributed by atoms with Gasteiger partial charge in [-0.05, 0) is 12.0 Å². The monoisotopic (exact) mass is 189 g/mol. The Morgan fingerprint density at radius 3 is 2.64 bits per heavy atom. The maximum absolute atomic E-state index is 10.1. The van der Waals surface area contributed by atoms with Crippen molar-refractivity contribution in [2.45, 2.75) is 12.5 Å². The molecule has 1 rings (SSSR count). The average Bonchev–Trinajstić information content (AvgIpc) is 2.16. The Morgan fingerprint density at radius 2 is 2.07 bits per heavy atom. The summed E-state index contributed by atoms with van der Waals surface area (Å²) in [4.78, 5) is 10.1. The van der Waals surface area contributed by atoms with Crippen LogP contribution in [0.2, 0.25) is 0 Å². The largest absolute Gasteiger partial charge is 0.472 e.